The van der Waals surface area contributed by atoms with E-state index in [-0.39, 0.29) is 70.5 Å². The minimum absolute atomic E-state index is 0.00706. The molecule has 400 valence electrons. The average molecular weight is 1040 g/mol. The van der Waals surface area contributed by atoms with Crippen molar-refractivity contribution in [1.29, 1.82) is 0 Å². The number of ether oxygens (including phenoxy) is 8. The SMILES string of the molecule is C=CCO[C@@]12Oc3ccc(Oc4ccc(-c5ccccc5)cc4)cc3[C@H]3[C@H](CCCCO)[C@@H](CCCCO)C=C(C(=NOC4CCCCO4)C[C@@H]1N(Cc1ccc4c(c1)OCO4)C(=O)OCCOCc1ccccc1)[C@H]32. The van der Waals surface area contributed by atoms with E-state index in [0.29, 0.717) is 66.9 Å². The number of allylic oxidation sites excluding steroid dienone is 1. The summed E-state index contributed by atoms with van der Waals surface area (Å²) in [5, 5.41) is 25.3. The number of oxime groups is 1. The van der Waals surface area contributed by atoms with Gasteiger partial charge in [-0.2, -0.15) is 0 Å². The number of fused-ring (bicyclic) bond motifs is 3. The van der Waals surface area contributed by atoms with Crippen molar-refractivity contribution in [2.24, 2.45) is 22.9 Å². The lowest BCUT2D eigenvalue weighted by Gasteiger charge is -2.59. The lowest BCUT2D eigenvalue weighted by atomic mass is 9.55. The summed E-state index contributed by atoms with van der Waals surface area (Å²) in [6.45, 7) is 5.63. The second-order valence-corrected chi connectivity index (χ2v) is 20.1. The van der Waals surface area contributed by atoms with Gasteiger partial charge in [-0.05, 0) is 121 Å². The Morgan fingerprint density at radius 2 is 1.54 bits per heavy atom. The first kappa shape index (κ1) is 52.7. The lowest BCUT2D eigenvalue weighted by Crippen LogP contribution is -2.70. The van der Waals surface area contributed by atoms with Crippen LogP contribution in [-0.4, -0.2) is 91.5 Å². The molecule has 3 aliphatic heterocycles. The van der Waals surface area contributed by atoms with Crippen molar-refractivity contribution in [2.45, 2.75) is 101 Å². The van der Waals surface area contributed by atoms with Crippen molar-refractivity contribution < 1.29 is 57.7 Å². The molecule has 2 N–H and O–H groups in total. The van der Waals surface area contributed by atoms with Gasteiger partial charge in [0.2, 0.25) is 18.9 Å². The van der Waals surface area contributed by atoms with Crippen LogP contribution in [0, 0.1) is 17.8 Å². The van der Waals surface area contributed by atoms with Crippen molar-refractivity contribution in [3.8, 4) is 39.9 Å². The third-order valence-electron chi connectivity index (χ3n) is 15.2. The Morgan fingerprint density at radius 1 is 0.789 bits per heavy atom. The Bertz CT molecular complexity index is 2760. The van der Waals surface area contributed by atoms with Gasteiger partial charge in [0.05, 0.1) is 38.1 Å². The Labute approximate surface area is 445 Å². The van der Waals surface area contributed by atoms with Crippen LogP contribution in [0.15, 0.2) is 151 Å². The number of benzene rings is 5. The van der Waals surface area contributed by atoms with Gasteiger partial charge in [-0.25, -0.2) is 4.79 Å². The molecule has 7 atom stereocenters. The van der Waals surface area contributed by atoms with Gasteiger partial charge in [-0.3, -0.25) is 4.90 Å². The Kier molecular flexibility index (Phi) is 17.7. The number of hydrogen-bond acceptors (Lipinski definition) is 13. The summed E-state index contributed by atoms with van der Waals surface area (Å²) in [4.78, 5) is 23.4. The second-order valence-electron chi connectivity index (χ2n) is 20.1. The molecule has 5 aromatic rings. The number of carbonyl (C=O) groups excluding carboxylic acids is 1. The summed E-state index contributed by atoms with van der Waals surface area (Å²) in [6.07, 6.45) is 10.1. The minimum Gasteiger partial charge on any atom is -0.459 e. The molecule has 0 bridgehead atoms. The summed E-state index contributed by atoms with van der Waals surface area (Å²) in [5.41, 5.74) is 6.48. The zero-order valence-corrected chi connectivity index (χ0v) is 43.2. The van der Waals surface area contributed by atoms with Crippen molar-refractivity contribution in [3.05, 3.63) is 162 Å². The maximum atomic E-state index is 15.3. The van der Waals surface area contributed by atoms with E-state index in [2.05, 4.69) is 43.0 Å². The largest absolute Gasteiger partial charge is 0.459 e. The third-order valence-corrected chi connectivity index (χ3v) is 15.2. The van der Waals surface area contributed by atoms with E-state index < -0.39 is 30.1 Å². The van der Waals surface area contributed by atoms with Crippen molar-refractivity contribution >= 4 is 11.8 Å². The summed E-state index contributed by atoms with van der Waals surface area (Å²) < 4.78 is 51.4. The first-order chi connectivity index (χ1) is 37.4. The van der Waals surface area contributed by atoms with Gasteiger partial charge in [-0.1, -0.05) is 109 Å². The zero-order valence-electron chi connectivity index (χ0n) is 43.2. The lowest BCUT2D eigenvalue weighted by molar-refractivity contribution is -0.256. The van der Waals surface area contributed by atoms with Gasteiger partial charge in [0.1, 0.15) is 29.9 Å². The van der Waals surface area contributed by atoms with Gasteiger partial charge in [0, 0.05) is 44.1 Å². The predicted octanol–water partition coefficient (Wildman–Crippen LogP) is 11.9. The third kappa shape index (κ3) is 12.1. The van der Waals surface area contributed by atoms with Crippen molar-refractivity contribution in [2.75, 3.05) is 46.4 Å². The molecule has 1 amide bonds. The number of aliphatic hydroxyl groups is 2. The molecule has 5 aromatic carbocycles. The molecule has 1 saturated heterocycles. The van der Waals surface area contributed by atoms with E-state index in [4.69, 9.17) is 47.9 Å². The number of carbonyl (C=O) groups is 1. The molecule has 2 aliphatic carbocycles. The summed E-state index contributed by atoms with van der Waals surface area (Å²) in [7, 11) is 0. The Balaban J connectivity index is 1.09. The molecule has 10 rings (SSSR count). The molecule has 0 radical (unpaired) electrons. The summed E-state index contributed by atoms with van der Waals surface area (Å²) in [6, 6.07) is 39.0. The summed E-state index contributed by atoms with van der Waals surface area (Å²) >= 11 is 0. The fraction of sp³-hybridized carbons (Fsp3) is 0.419. The van der Waals surface area contributed by atoms with Crippen LogP contribution in [-0.2, 0) is 36.9 Å². The maximum absolute atomic E-state index is 15.3. The van der Waals surface area contributed by atoms with Crippen LogP contribution in [0.5, 0.6) is 28.7 Å². The number of unbranched alkanes of at least 4 members (excludes halogenated alkanes) is 2. The number of amides is 1. The van der Waals surface area contributed by atoms with E-state index in [1.165, 1.54) is 0 Å². The molecule has 14 heteroatoms. The van der Waals surface area contributed by atoms with E-state index in [1.807, 2.05) is 91.0 Å². The van der Waals surface area contributed by atoms with Crippen LogP contribution < -0.4 is 18.9 Å². The van der Waals surface area contributed by atoms with Crippen LogP contribution in [0.1, 0.15) is 86.8 Å². The van der Waals surface area contributed by atoms with Gasteiger partial charge >= 0.3 is 6.09 Å². The van der Waals surface area contributed by atoms with Crippen LogP contribution >= 0.6 is 0 Å². The number of hydrogen-bond donors (Lipinski definition) is 2. The summed E-state index contributed by atoms with van der Waals surface area (Å²) in [5.74, 6) is 0.737. The highest BCUT2D eigenvalue weighted by Gasteiger charge is 2.66. The Morgan fingerprint density at radius 3 is 2.32 bits per heavy atom. The van der Waals surface area contributed by atoms with Crippen LogP contribution in [0.3, 0.4) is 0 Å². The molecule has 1 unspecified atom stereocenters. The second kappa shape index (κ2) is 25.4. The van der Waals surface area contributed by atoms with E-state index in [9.17, 15) is 10.2 Å². The van der Waals surface area contributed by atoms with Gasteiger partial charge in [0.25, 0.3) is 0 Å². The monoisotopic (exact) mass is 1030 g/mol. The van der Waals surface area contributed by atoms with Crippen LogP contribution in [0.4, 0.5) is 4.79 Å². The molecule has 0 spiro atoms. The minimum atomic E-state index is -1.54. The van der Waals surface area contributed by atoms with Crippen molar-refractivity contribution in [3.63, 3.8) is 0 Å². The zero-order chi connectivity index (χ0) is 52.1. The topological polar surface area (TPSA) is 156 Å². The van der Waals surface area contributed by atoms with Gasteiger partial charge in [-0.15, -0.1) is 6.58 Å². The van der Waals surface area contributed by atoms with E-state index in [1.54, 1.807) is 11.0 Å². The predicted molar refractivity (Wildman–Crippen MR) is 287 cm³/mol. The maximum Gasteiger partial charge on any atom is 0.410 e. The first-order valence-corrected chi connectivity index (χ1v) is 27.1. The van der Waals surface area contributed by atoms with E-state index in [0.717, 1.165) is 71.9 Å². The number of aliphatic hydroxyl groups excluding tert-OH is 2. The van der Waals surface area contributed by atoms with Gasteiger partial charge < -0.3 is 52.9 Å². The molecule has 14 nitrogen and oxygen atoms in total. The van der Waals surface area contributed by atoms with Crippen molar-refractivity contribution in [1.82, 2.24) is 4.90 Å². The first-order valence-electron chi connectivity index (χ1n) is 27.1. The highest BCUT2D eigenvalue weighted by atomic mass is 16.8. The molecule has 3 heterocycles. The molecule has 76 heavy (non-hydrogen) atoms. The molecular weight excluding hydrogens is 965 g/mol. The highest BCUT2D eigenvalue weighted by Crippen LogP contribution is 2.62. The van der Waals surface area contributed by atoms with Crippen LogP contribution in [0.2, 0.25) is 0 Å². The fourth-order valence-corrected chi connectivity index (χ4v) is 11.7. The molecule has 5 aliphatic rings. The Hall–Kier alpha value is -6.68. The number of nitrogens with zero attached hydrogens (tertiary/aromatic N) is 2. The normalized spacial score (nSPS) is 23.6. The number of rotatable bonds is 24. The molecule has 2 fully saturated rings. The molecular formula is C62H70N2O12. The average Bonchev–Trinajstić information content (AvgIpc) is 4.08. The standard InChI is InChI=1S/C62H70N2O12/c1-2-32-73-62-57(64(40-44-22-28-55-56(36-44)72-42-71-55)61(67)70-35-34-68-41-43-15-5-3-6-16-43)39-53(63-76-58-21-11-14-33-69-58)51-37-47(19-9-12-30-65)50(20-10-13-31-66)59(60(51)62)52-38-49(27-29-54(52)75-62)74-48-25-23-46(24-26-48)45-17-7-4-8-18-45/h2-8,15-18,22-29,36-38,47,50,57-60,65-66H,1,9-14,19-21,30-35,39-42H2/t47-,50+,57-,58?,59+,60+,62+/m0/s1. The quantitative estimate of drug-likeness (QED) is 0.0343. The van der Waals surface area contributed by atoms with E-state index >= 15 is 4.79 Å². The fourth-order valence-electron chi connectivity index (χ4n) is 11.7. The highest BCUT2D eigenvalue weighted by molar-refractivity contribution is 6.03. The van der Waals surface area contributed by atoms with Gasteiger partial charge in [0.15, 0.2) is 11.5 Å². The molecule has 0 aromatic heterocycles. The smallest absolute Gasteiger partial charge is 0.410 e. The molecule has 1 saturated carbocycles. The van der Waals surface area contributed by atoms with Crippen LogP contribution in [0.25, 0.3) is 11.1 Å².